The summed E-state index contributed by atoms with van der Waals surface area (Å²) in [6, 6.07) is 11.8. The van der Waals surface area contributed by atoms with Crippen molar-refractivity contribution in [3.05, 3.63) is 64.7 Å². The first kappa shape index (κ1) is 22.1. The van der Waals surface area contributed by atoms with Gasteiger partial charge in [0.1, 0.15) is 0 Å². The van der Waals surface area contributed by atoms with Crippen LogP contribution in [0.5, 0.6) is 0 Å². The molecule has 0 bridgehead atoms. The standard InChI is InChI=1S/C23H21ClN2O6/c24-17-5-1-15(2-6-17)20(27)14-32-23(30)16-3-7-18(8-4-16)26-21(28)13-19(22(26)29)25-9-11-31-12-10-25/h1-8,19H,9-14H2. The van der Waals surface area contributed by atoms with Crippen LogP contribution >= 0.6 is 11.6 Å². The predicted molar refractivity (Wildman–Crippen MR) is 116 cm³/mol. The second kappa shape index (κ2) is 9.60. The van der Waals surface area contributed by atoms with Crippen LogP contribution in [0, 0.1) is 0 Å². The van der Waals surface area contributed by atoms with Crippen LogP contribution < -0.4 is 4.90 Å². The fourth-order valence-corrected chi connectivity index (χ4v) is 3.87. The number of carbonyl (C=O) groups is 4. The Bertz CT molecular complexity index is 1030. The summed E-state index contributed by atoms with van der Waals surface area (Å²) in [7, 11) is 0. The van der Waals surface area contributed by atoms with Gasteiger partial charge in [-0.15, -0.1) is 0 Å². The van der Waals surface area contributed by atoms with Crippen molar-refractivity contribution >= 4 is 40.9 Å². The molecular formula is C23H21ClN2O6. The summed E-state index contributed by atoms with van der Waals surface area (Å²) in [5, 5.41) is 0.505. The summed E-state index contributed by atoms with van der Waals surface area (Å²) in [6.07, 6.45) is 0.120. The number of imide groups is 1. The van der Waals surface area contributed by atoms with Crippen molar-refractivity contribution in [3.8, 4) is 0 Å². The summed E-state index contributed by atoms with van der Waals surface area (Å²) in [6.45, 7) is 1.88. The zero-order chi connectivity index (χ0) is 22.7. The van der Waals surface area contributed by atoms with Crippen molar-refractivity contribution in [2.24, 2.45) is 0 Å². The van der Waals surface area contributed by atoms with E-state index in [0.717, 1.165) is 4.90 Å². The molecule has 0 aliphatic carbocycles. The second-order valence-electron chi connectivity index (χ2n) is 7.49. The number of amides is 2. The maximum atomic E-state index is 12.9. The molecule has 2 aromatic carbocycles. The average Bonchev–Trinajstić information content (AvgIpc) is 3.12. The second-order valence-corrected chi connectivity index (χ2v) is 7.93. The van der Waals surface area contributed by atoms with Gasteiger partial charge in [-0.3, -0.25) is 19.3 Å². The number of rotatable bonds is 6. The van der Waals surface area contributed by atoms with Crippen molar-refractivity contribution in [1.82, 2.24) is 4.90 Å². The van der Waals surface area contributed by atoms with Crippen molar-refractivity contribution in [3.63, 3.8) is 0 Å². The molecule has 0 saturated carbocycles. The molecule has 2 heterocycles. The van der Waals surface area contributed by atoms with Crippen LogP contribution in [-0.4, -0.2) is 67.4 Å². The number of halogens is 1. The highest BCUT2D eigenvalue weighted by molar-refractivity contribution is 6.30. The summed E-state index contributed by atoms with van der Waals surface area (Å²) < 4.78 is 10.4. The van der Waals surface area contributed by atoms with Crippen LogP contribution in [0.4, 0.5) is 5.69 Å². The molecule has 2 saturated heterocycles. The molecule has 0 spiro atoms. The molecule has 4 rings (SSSR count). The average molecular weight is 457 g/mol. The molecule has 166 valence electrons. The molecule has 2 aliphatic rings. The van der Waals surface area contributed by atoms with Crippen molar-refractivity contribution in [2.45, 2.75) is 12.5 Å². The highest BCUT2D eigenvalue weighted by Gasteiger charge is 2.43. The zero-order valence-electron chi connectivity index (χ0n) is 17.2. The third-order valence-corrected chi connectivity index (χ3v) is 5.72. The number of hydrogen-bond acceptors (Lipinski definition) is 7. The number of nitrogens with zero attached hydrogens (tertiary/aromatic N) is 2. The van der Waals surface area contributed by atoms with Crippen LogP contribution in [0.15, 0.2) is 48.5 Å². The number of carbonyl (C=O) groups excluding carboxylic acids is 4. The van der Waals surface area contributed by atoms with E-state index in [4.69, 9.17) is 21.1 Å². The maximum absolute atomic E-state index is 12.9. The minimum Gasteiger partial charge on any atom is -0.454 e. The normalized spacial score (nSPS) is 19.3. The third kappa shape index (κ3) is 4.72. The Morgan fingerprint density at radius 1 is 0.969 bits per heavy atom. The van der Waals surface area contributed by atoms with E-state index in [1.807, 2.05) is 4.90 Å². The first-order valence-corrected chi connectivity index (χ1v) is 10.6. The fraction of sp³-hybridized carbons (Fsp3) is 0.304. The number of benzene rings is 2. The Kier molecular flexibility index (Phi) is 6.64. The molecule has 1 unspecified atom stereocenters. The fourth-order valence-electron chi connectivity index (χ4n) is 3.74. The molecule has 2 aromatic rings. The highest BCUT2D eigenvalue weighted by atomic mass is 35.5. The lowest BCUT2D eigenvalue weighted by atomic mass is 10.1. The quantitative estimate of drug-likeness (QED) is 0.374. The topological polar surface area (TPSA) is 93.2 Å². The van der Waals surface area contributed by atoms with Crippen LogP contribution in [0.1, 0.15) is 27.1 Å². The number of hydrogen-bond donors (Lipinski definition) is 0. The minimum absolute atomic E-state index is 0.120. The van der Waals surface area contributed by atoms with Crippen LogP contribution in [0.25, 0.3) is 0 Å². The lowest BCUT2D eigenvalue weighted by Gasteiger charge is -2.30. The van der Waals surface area contributed by atoms with E-state index in [-0.39, 0.29) is 29.6 Å². The largest absolute Gasteiger partial charge is 0.454 e. The maximum Gasteiger partial charge on any atom is 0.338 e. The number of Topliss-reactive ketones (excluding diaryl/α,β-unsaturated/α-hetero) is 1. The number of ketones is 1. The van der Waals surface area contributed by atoms with Crippen molar-refractivity contribution in [2.75, 3.05) is 37.8 Å². The van der Waals surface area contributed by atoms with E-state index in [9.17, 15) is 19.2 Å². The van der Waals surface area contributed by atoms with Gasteiger partial charge in [0.15, 0.2) is 12.4 Å². The molecule has 9 heteroatoms. The molecule has 8 nitrogen and oxygen atoms in total. The summed E-state index contributed by atoms with van der Waals surface area (Å²) in [5.41, 5.74) is 0.990. The lowest BCUT2D eigenvalue weighted by molar-refractivity contribution is -0.123. The third-order valence-electron chi connectivity index (χ3n) is 5.47. The van der Waals surface area contributed by atoms with E-state index < -0.39 is 18.6 Å². The molecule has 2 fully saturated rings. The van der Waals surface area contributed by atoms with E-state index in [0.29, 0.717) is 42.6 Å². The Hall–Kier alpha value is -3.07. The molecule has 0 aromatic heterocycles. The first-order chi connectivity index (χ1) is 15.4. The Labute approximate surface area is 189 Å². The highest BCUT2D eigenvalue weighted by Crippen LogP contribution is 2.26. The summed E-state index contributed by atoms with van der Waals surface area (Å²) >= 11 is 5.80. The van der Waals surface area contributed by atoms with Crippen molar-refractivity contribution < 1.29 is 28.7 Å². The van der Waals surface area contributed by atoms with Crippen LogP contribution in [-0.2, 0) is 19.1 Å². The molecule has 0 radical (unpaired) electrons. The van der Waals surface area contributed by atoms with Gasteiger partial charge in [-0.1, -0.05) is 11.6 Å². The summed E-state index contributed by atoms with van der Waals surface area (Å²) in [5.74, 6) is -1.59. The van der Waals surface area contributed by atoms with E-state index in [2.05, 4.69) is 0 Å². The van der Waals surface area contributed by atoms with E-state index >= 15 is 0 Å². The number of ether oxygens (including phenoxy) is 2. The predicted octanol–water partition coefficient (Wildman–Crippen LogP) is 2.34. The molecule has 2 amide bonds. The number of esters is 1. The molecule has 2 aliphatic heterocycles. The van der Waals surface area contributed by atoms with Gasteiger partial charge >= 0.3 is 5.97 Å². The molecular weight excluding hydrogens is 436 g/mol. The van der Waals surface area contributed by atoms with Gasteiger partial charge in [0.2, 0.25) is 5.91 Å². The van der Waals surface area contributed by atoms with Gasteiger partial charge in [0.05, 0.1) is 36.9 Å². The smallest absolute Gasteiger partial charge is 0.338 e. The van der Waals surface area contributed by atoms with Gasteiger partial charge in [0, 0.05) is 23.7 Å². The van der Waals surface area contributed by atoms with Gasteiger partial charge in [-0.25, -0.2) is 9.69 Å². The zero-order valence-corrected chi connectivity index (χ0v) is 17.9. The summed E-state index contributed by atoms with van der Waals surface area (Å²) in [4.78, 5) is 52.9. The Balaban J connectivity index is 1.37. The Morgan fingerprint density at radius 3 is 2.25 bits per heavy atom. The van der Waals surface area contributed by atoms with Gasteiger partial charge in [-0.2, -0.15) is 0 Å². The van der Waals surface area contributed by atoms with Gasteiger partial charge in [-0.05, 0) is 48.5 Å². The Morgan fingerprint density at radius 2 is 1.59 bits per heavy atom. The molecule has 32 heavy (non-hydrogen) atoms. The molecule has 1 atom stereocenters. The van der Waals surface area contributed by atoms with Gasteiger partial charge < -0.3 is 9.47 Å². The van der Waals surface area contributed by atoms with E-state index in [1.165, 1.54) is 24.3 Å². The van der Waals surface area contributed by atoms with Crippen LogP contribution in [0.2, 0.25) is 5.02 Å². The van der Waals surface area contributed by atoms with Crippen LogP contribution in [0.3, 0.4) is 0 Å². The molecule has 0 N–H and O–H groups in total. The first-order valence-electron chi connectivity index (χ1n) is 10.2. The van der Waals surface area contributed by atoms with E-state index in [1.54, 1.807) is 24.3 Å². The SMILES string of the molecule is O=C(COC(=O)c1ccc(N2C(=O)CC(N3CCOCC3)C2=O)cc1)c1ccc(Cl)cc1. The minimum atomic E-state index is -0.677. The number of anilines is 1. The van der Waals surface area contributed by atoms with Gasteiger partial charge in [0.25, 0.3) is 5.91 Å². The monoisotopic (exact) mass is 456 g/mol. The lowest BCUT2D eigenvalue weighted by Crippen LogP contribution is -2.47. The number of morpholine rings is 1. The van der Waals surface area contributed by atoms with Crippen molar-refractivity contribution in [1.29, 1.82) is 0 Å².